The van der Waals surface area contributed by atoms with Gasteiger partial charge >= 0.3 is 0 Å². The zero-order chi connectivity index (χ0) is 13.8. The lowest BCUT2D eigenvalue weighted by molar-refractivity contribution is -0.384. The molecule has 0 aliphatic heterocycles. The van der Waals surface area contributed by atoms with Gasteiger partial charge in [0.15, 0.2) is 0 Å². The minimum Gasteiger partial charge on any atom is -0.398 e. The zero-order valence-electron chi connectivity index (χ0n) is 10.6. The van der Waals surface area contributed by atoms with E-state index in [1.54, 1.807) is 6.07 Å². The monoisotopic (exact) mass is 257 g/mol. The Labute approximate surface area is 111 Å². The summed E-state index contributed by atoms with van der Waals surface area (Å²) in [5, 5.41) is 10.9. The van der Waals surface area contributed by atoms with Crippen LogP contribution in [0.4, 0.5) is 22.7 Å². The summed E-state index contributed by atoms with van der Waals surface area (Å²) in [7, 11) is 0. The van der Waals surface area contributed by atoms with Gasteiger partial charge in [0.1, 0.15) is 0 Å². The summed E-state index contributed by atoms with van der Waals surface area (Å²) in [6, 6.07) is 14.3. The Hall–Kier alpha value is -2.56. The standard InChI is InChI=1S/C14H15N3O2/c1-2-16(12-6-4-3-5-7-12)13-8-11(15)9-14(10-13)17(18)19/h3-10H,2,15H2,1H3. The second-order valence-electron chi connectivity index (χ2n) is 4.12. The van der Waals surface area contributed by atoms with Crippen molar-refractivity contribution in [3.05, 3.63) is 58.6 Å². The second-order valence-corrected chi connectivity index (χ2v) is 4.12. The van der Waals surface area contributed by atoms with Gasteiger partial charge in [0.25, 0.3) is 5.69 Å². The minimum absolute atomic E-state index is 0.00406. The normalized spacial score (nSPS) is 10.2. The fourth-order valence-electron chi connectivity index (χ4n) is 2.00. The molecule has 19 heavy (non-hydrogen) atoms. The van der Waals surface area contributed by atoms with Crippen molar-refractivity contribution in [3.8, 4) is 0 Å². The van der Waals surface area contributed by atoms with Crippen LogP contribution in [0.5, 0.6) is 0 Å². The Balaban J connectivity index is 2.47. The fourth-order valence-corrected chi connectivity index (χ4v) is 2.00. The largest absolute Gasteiger partial charge is 0.398 e. The van der Waals surface area contributed by atoms with E-state index in [0.717, 1.165) is 11.4 Å². The van der Waals surface area contributed by atoms with Crippen LogP contribution in [0.2, 0.25) is 0 Å². The second kappa shape index (κ2) is 5.39. The van der Waals surface area contributed by atoms with Crippen LogP contribution in [0.3, 0.4) is 0 Å². The van der Waals surface area contributed by atoms with Crippen molar-refractivity contribution >= 4 is 22.7 Å². The lowest BCUT2D eigenvalue weighted by Gasteiger charge is -2.23. The average molecular weight is 257 g/mol. The van der Waals surface area contributed by atoms with E-state index in [4.69, 9.17) is 5.73 Å². The third-order valence-electron chi connectivity index (χ3n) is 2.83. The van der Waals surface area contributed by atoms with Gasteiger partial charge in [0.05, 0.1) is 4.92 Å². The number of nitro benzene ring substituents is 1. The number of anilines is 3. The molecule has 2 aromatic rings. The number of hydrogen-bond acceptors (Lipinski definition) is 4. The van der Waals surface area contributed by atoms with E-state index < -0.39 is 4.92 Å². The maximum absolute atomic E-state index is 10.9. The molecule has 0 radical (unpaired) electrons. The molecule has 0 aliphatic carbocycles. The van der Waals surface area contributed by atoms with Gasteiger partial charge in [0, 0.05) is 35.7 Å². The summed E-state index contributed by atoms with van der Waals surface area (Å²) in [4.78, 5) is 12.4. The van der Waals surface area contributed by atoms with Crippen molar-refractivity contribution in [1.82, 2.24) is 0 Å². The number of nitrogens with two attached hydrogens (primary N) is 1. The van der Waals surface area contributed by atoms with Crippen LogP contribution in [-0.2, 0) is 0 Å². The molecule has 0 atom stereocenters. The number of nitrogens with zero attached hydrogens (tertiary/aromatic N) is 2. The Morgan fingerprint density at radius 3 is 2.42 bits per heavy atom. The van der Waals surface area contributed by atoms with E-state index in [1.165, 1.54) is 12.1 Å². The van der Waals surface area contributed by atoms with Gasteiger partial charge in [-0.3, -0.25) is 10.1 Å². The van der Waals surface area contributed by atoms with Gasteiger partial charge in [-0.1, -0.05) is 18.2 Å². The molecule has 2 rings (SSSR count). The summed E-state index contributed by atoms with van der Waals surface area (Å²) in [6.45, 7) is 2.69. The molecule has 0 amide bonds. The molecule has 5 heteroatoms. The fraction of sp³-hybridized carbons (Fsp3) is 0.143. The van der Waals surface area contributed by atoms with Crippen molar-refractivity contribution < 1.29 is 4.92 Å². The highest BCUT2D eigenvalue weighted by molar-refractivity contribution is 5.69. The van der Waals surface area contributed by atoms with Crippen LogP contribution in [-0.4, -0.2) is 11.5 Å². The molecule has 2 N–H and O–H groups in total. The molecule has 0 bridgehead atoms. The summed E-state index contributed by atoms with van der Waals surface area (Å²) >= 11 is 0. The molecule has 0 heterocycles. The maximum Gasteiger partial charge on any atom is 0.273 e. The molecule has 0 aliphatic rings. The first-order chi connectivity index (χ1) is 9.11. The Bertz CT molecular complexity index is 584. The van der Waals surface area contributed by atoms with Gasteiger partial charge in [-0.25, -0.2) is 0 Å². The predicted molar refractivity (Wildman–Crippen MR) is 76.6 cm³/mol. The van der Waals surface area contributed by atoms with E-state index >= 15 is 0 Å². The Morgan fingerprint density at radius 2 is 1.84 bits per heavy atom. The average Bonchev–Trinajstić information content (AvgIpc) is 2.40. The molecule has 0 saturated heterocycles. The van der Waals surface area contributed by atoms with E-state index in [-0.39, 0.29) is 5.69 Å². The van der Waals surface area contributed by atoms with Crippen molar-refractivity contribution in [1.29, 1.82) is 0 Å². The van der Waals surface area contributed by atoms with Gasteiger partial charge in [-0.15, -0.1) is 0 Å². The topological polar surface area (TPSA) is 72.4 Å². The van der Waals surface area contributed by atoms with Gasteiger partial charge in [0.2, 0.25) is 0 Å². The molecule has 0 spiro atoms. The first-order valence-electron chi connectivity index (χ1n) is 5.99. The summed E-state index contributed by atoms with van der Waals surface area (Å²) in [6.07, 6.45) is 0. The number of non-ortho nitro benzene ring substituents is 1. The maximum atomic E-state index is 10.9. The number of nitro groups is 1. The summed E-state index contributed by atoms with van der Waals surface area (Å²) < 4.78 is 0. The smallest absolute Gasteiger partial charge is 0.273 e. The predicted octanol–water partition coefficient (Wildman–Crippen LogP) is 3.34. The molecular weight excluding hydrogens is 242 g/mol. The molecule has 0 unspecified atom stereocenters. The van der Waals surface area contributed by atoms with E-state index in [2.05, 4.69) is 0 Å². The molecule has 2 aromatic carbocycles. The first-order valence-corrected chi connectivity index (χ1v) is 5.99. The third kappa shape index (κ3) is 2.82. The SMILES string of the molecule is CCN(c1ccccc1)c1cc(N)cc([N+](=O)[O-])c1. The number of benzene rings is 2. The van der Waals surface area contributed by atoms with Gasteiger partial charge in [-0.05, 0) is 25.1 Å². The highest BCUT2D eigenvalue weighted by atomic mass is 16.6. The number of para-hydroxylation sites is 1. The van der Waals surface area contributed by atoms with Crippen LogP contribution >= 0.6 is 0 Å². The first kappa shape index (κ1) is 12.9. The van der Waals surface area contributed by atoms with E-state index in [9.17, 15) is 10.1 Å². The number of rotatable bonds is 4. The minimum atomic E-state index is -0.432. The highest BCUT2D eigenvalue weighted by Gasteiger charge is 2.13. The van der Waals surface area contributed by atoms with Gasteiger partial charge < -0.3 is 10.6 Å². The van der Waals surface area contributed by atoms with Crippen LogP contribution in [0.1, 0.15) is 6.92 Å². The lowest BCUT2D eigenvalue weighted by atomic mass is 10.2. The van der Waals surface area contributed by atoms with E-state index in [1.807, 2.05) is 42.2 Å². The number of hydrogen-bond donors (Lipinski definition) is 1. The third-order valence-corrected chi connectivity index (χ3v) is 2.83. The van der Waals surface area contributed by atoms with E-state index in [0.29, 0.717) is 12.2 Å². The highest BCUT2D eigenvalue weighted by Crippen LogP contribution is 2.30. The Kier molecular flexibility index (Phi) is 3.66. The molecule has 98 valence electrons. The van der Waals surface area contributed by atoms with Crippen LogP contribution < -0.4 is 10.6 Å². The molecule has 0 fully saturated rings. The van der Waals surface area contributed by atoms with Crippen molar-refractivity contribution in [3.63, 3.8) is 0 Å². The molecule has 0 aromatic heterocycles. The summed E-state index contributed by atoms with van der Waals surface area (Å²) in [5.74, 6) is 0. The van der Waals surface area contributed by atoms with Crippen molar-refractivity contribution in [2.45, 2.75) is 6.92 Å². The van der Waals surface area contributed by atoms with Crippen LogP contribution in [0.15, 0.2) is 48.5 Å². The van der Waals surface area contributed by atoms with Crippen molar-refractivity contribution in [2.24, 2.45) is 0 Å². The number of nitrogen functional groups attached to an aromatic ring is 1. The molecule has 5 nitrogen and oxygen atoms in total. The quantitative estimate of drug-likeness (QED) is 0.518. The molecular formula is C14H15N3O2. The zero-order valence-corrected chi connectivity index (χ0v) is 10.6. The molecule has 0 saturated carbocycles. The lowest BCUT2D eigenvalue weighted by Crippen LogP contribution is -2.16. The van der Waals surface area contributed by atoms with Gasteiger partial charge in [-0.2, -0.15) is 0 Å². The van der Waals surface area contributed by atoms with Crippen molar-refractivity contribution in [2.75, 3.05) is 17.2 Å². The van der Waals surface area contributed by atoms with Crippen LogP contribution in [0.25, 0.3) is 0 Å². The van der Waals surface area contributed by atoms with Crippen LogP contribution in [0, 0.1) is 10.1 Å². The Morgan fingerprint density at radius 1 is 1.16 bits per heavy atom. The summed E-state index contributed by atoms with van der Waals surface area (Å²) in [5.41, 5.74) is 7.83.